The lowest BCUT2D eigenvalue weighted by atomic mass is 9.82. The first-order chi connectivity index (χ1) is 7.06. The molecule has 1 rings (SSSR count). The third kappa shape index (κ3) is 3.04. The van der Waals surface area contributed by atoms with Crippen molar-refractivity contribution in [1.82, 2.24) is 5.06 Å². The van der Waals surface area contributed by atoms with Crippen molar-refractivity contribution >= 4 is 5.91 Å². The Balaban J connectivity index is 2.50. The molecule has 1 aliphatic carbocycles. The van der Waals surface area contributed by atoms with Gasteiger partial charge in [0.15, 0.2) is 0 Å². The summed E-state index contributed by atoms with van der Waals surface area (Å²) in [6, 6.07) is 0.296. The molecule has 1 aliphatic rings. The number of amides is 1. The molecular weight excluding hydrogens is 192 g/mol. The first kappa shape index (κ1) is 12.2. The van der Waals surface area contributed by atoms with Gasteiger partial charge in [0.05, 0.1) is 7.11 Å². The predicted molar refractivity (Wildman–Crippen MR) is 58.9 cm³/mol. The van der Waals surface area contributed by atoms with Crippen LogP contribution in [0.15, 0.2) is 12.2 Å². The summed E-state index contributed by atoms with van der Waals surface area (Å²) in [6.07, 6.45) is 3.88. The fraction of sp³-hybridized carbons (Fsp3) is 0.727. The van der Waals surface area contributed by atoms with Crippen LogP contribution in [0.3, 0.4) is 0 Å². The van der Waals surface area contributed by atoms with Crippen molar-refractivity contribution in [2.24, 2.45) is 11.7 Å². The molecule has 86 valence electrons. The Hall–Kier alpha value is -0.870. The molecule has 0 aromatic rings. The lowest BCUT2D eigenvalue weighted by Gasteiger charge is -2.28. The topological polar surface area (TPSA) is 55.6 Å². The third-order valence-electron chi connectivity index (χ3n) is 3.10. The molecule has 0 heterocycles. The zero-order chi connectivity index (χ0) is 11.4. The maximum Gasteiger partial charge on any atom is 0.272 e. The van der Waals surface area contributed by atoms with Gasteiger partial charge in [-0.2, -0.15) is 0 Å². The molecule has 2 N–H and O–H groups in total. The molecule has 0 radical (unpaired) electrons. The first-order valence-corrected chi connectivity index (χ1v) is 5.32. The number of hydroxylamine groups is 2. The van der Waals surface area contributed by atoms with Gasteiger partial charge < -0.3 is 5.73 Å². The largest absolute Gasteiger partial charge is 0.328 e. The monoisotopic (exact) mass is 212 g/mol. The van der Waals surface area contributed by atoms with Crippen LogP contribution in [0.4, 0.5) is 0 Å². The minimum absolute atomic E-state index is 0.127. The van der Waals surface area contributed by atoms with E-state index in [9.17, 15) is 4.79 Å². The average Bonchev–Trinajstić information content (AvgIpc) is 2.27. The van der Waals surface area contributed by atoms with Gasteiger partial charge in [0.1, 0.15) is 0 Å². The Kier molecular flexibility index (Phi) is 4.29. The van der Waals surface area contributed by atoms with Gasteiger partial charge in [0, 0.05) is 18.7 Å². The van der Waals surface area contributed by atoms with E-state index in [0.29, 0.717) is 11.6 Å². The van der Waals surface area contributed by atoms with Crippen molar-refractivity contribution in [2.75, 3.05) is 14.2 Å². The molecule has 1 saturated carbocycles. The molecule has 4 nitrogen and oxygen atoms in total. The number of rotatable bonds is 3. The molecule has 1 fully saturated rings. The zero-order valence-electron chi connectivity index (χ0n) is 9.53. The second kappa shape index (κ2) is 5.28. The van der Waals surface area contributed by atoms with E-state index in [1.165, 1.54) is 12.2 Å². The maximum absolute atomic E-state index is 11.7. The second-order valence-electron chi connectivity index (χ2n) is 4.12. The molecule has 0 unspecified atom stereocenters. The summed E-state index contributed by atoms with van der Waals surface area (Å²) in [7, 11) is 3.07. The van der Waals surface area contributed by atoms with E-state index in [0.717, 1.165) is 25.7 Å². The van der Waals surface area contributed by atoms with E-state index in [2.05, 4.69) is 6.58 Å². The van der Waals surface area contributed by atoms with E-state index in [4.69, 9.17) is 10.6 Å². The molecule has 15 heavy (non-hydrogen) atoms. The Morgan fingerprint density at radius 3 is 2.40 bits per heavy atom. The Labute approximate surface area is 91.0 Å². The lowest BCUT2D eigenvalue weighted by Crippen LogP contribution is -2.33. The van der Waals surface area contributed by atoms with Crippen molar-refractivity contribution in [3.63, 3.8) is 0 Å². The quantitative estimate of drug-likeness (QED) is 0.562. The van der Waals surface area contributed by atoms with Crippen LogP contribution in [0.2, 0.25) is 0 Å². The molecule has 0 bridgehead atoms. The van der Waals surface area contributed by atoms with Gasteiger partial charge in [-0.25, -0.2) is 5.06 Å². The Bertz CT molecular complexity index is 245. The summed E-state index contributed by atoms with van der Waals surface area (Å²) in [4.78, 5) is 16.6. The number of carbonyl (C=O) groups is 1. The van der Waals surface area contributed by atoms with Crippen molar-refractivity contribution in [1.29, 1.82) is 0 Å². The van der Waals surface area contributed by atoms with E-state index in [-0.39, 0.29) is 11.8 Å². The molecule has 1 amide bonds. The number of likely N-dealkylation sites (N-methyl/N-ethyl adjacent to an activating group) is 1. The molecule has 0 atom stereocenters. The van der Waals surface area contributed by atoms with E-state index in [1.807, 2.05) is 0 Å². The minimum Gasteiger partial charge on any atom is -0.328 e. The van der Waals surface area contributed by atoms with Gasteiger partial charge in [-0.1, -0.05) is 6.58 Å². The predicted octanol–water partition coefficient (Wildman–Crippen LogP) is 1.08. The van der Waals surface area contributed by atoms with E-state index in [1.54, 1.807) is 7.05 Å². The van der Waals surface area contributed by atoms with Gasteiger partial charge >= 0.3 is 0 Å². The van der Waals surface area contributed by atoms with Gasteiger partial charge in [-0.3, -0.25) is 9.63 Å². The Morgan fingerprint density at radius 2 is 1.93 bits per heavy atom. The molecule has 0 aliphatic heterocycles. The molecular formula is C11H20N2O2. The van der Waals surface area contributed by atoms with Crippen LogP contribution in [0.5, 0.6) is 0 Å². The van der Waals surface area contributed by atoms with Crippen LogP contribution in [0.25, 0.3) is 0 Å². The molecule has 0 spiro atoms. The van der Waals surface area contributed by atoms with E-state index >= 15 is 0 Å². The van der Waals surface area contributed by atoms with Crippen molar-refractivity contribution in [3.05, 3.63) is 12.2 Å². The maximum atomic E-state index is 11.7. The smallest absolute Gasteiger partial charge is 0.272 e. The highest BCUT2D eigenvalue weighted by Crippen LogP contribution is 2.29. The molecule has 0 aromatic heterocycles. The van der Waals surface area contributed by atoms with Crippen LogP contribution < -0.4 is 5.73 Å². The number of hydrogen-bond donors (Lipinski definition) is 1. The standard InChI is InChI=1S/C11H20N2O2/c1-8(11(14)13(2)15-3)9-4-6-10(12)7-5-9/h9-10H,1,4-7,12H2,2-3H3/t9-,10-. The average molecular weight is 212 g/mol. The van der Waals surface area contributed by atoms with Gasteiger partial charge in [-0.05, 0) is 31.6 Å². The highest BCUT2D eigenvalue weighted by Gasteiger charge is 2.25. The fourth-order valence-corrected chi connectivity index (χ4v) is 1.93. The van der Waals surface area contributed by atoms with Crippen LogP contribution in [0.1, 0.15) is 25.7 Å². The van der Waals surface area contributed by atoms with Crippen LogP contribution in [-0.2, 0) is 9.63 Å². The minimum atomic E-state index is -0.127. The summed E-state index contributed by atoms with van der Waals surface area (Å²) in [5, 5.41) is 1.22. The number of hydrogen-bond acceptors (Lipinski definition) is 3. The summed E-state index contributed by atoms with van der Waals surface area (Å²) in [6.45, 7) is 3.86. The van der Waals surface area contributed by atoms with Gasteiger partial charge in [-0.15, -0.1) is 0 Å². The summed E-state index contributed by atoms with van der Waals surface area (Å²) < 4.78 is 0. The van der Waals surface area contributed by atoms with Crippen molar-refractivity contribution in [2.45, 2.75) is 31.7 Å². The van der Waals surface area contributed by atoms with E-state index < -0.39 is 0 Å². The number of nitrogens with two attached hydrogens (primary N) is 1. The molecule has 4 heteroatoms. The lowest BCUT2D eigenvalue weighted by molar-refractivity contribution is -0.164. The number of carbonyl (C=O) groups excluding carboxylic acids is 1. The molecule has 0 saturated heterocycles. The highest BCUT2D eigenvalue weighted by atomic mass is 16.7. The summed E-state index contributed by atoms with van der Waals surface area (Å²) in [5.41, 5.74) is 6.45. The van der Waals surface area contributed by atoms with Crippen molar-refractivity contribution in [3.8, 4) is 0 Å². The summed E-state index contributed by atoms with van der Waals surface area (Å²) >= 11 is 0. The normalized spacial score (nSPS) is 26.1. The van der Waals surface area contributed by atoms with Crippen molar-refractivity contribution < 1.29 is 9.63 Å². The van der Waals surface area contributed by atoms with Gasteiger partial charge in [0.25, 0.3) is 5.91 Å². The summed E-state index contributed by atoms with van der Waals surface area (Å²) in [5.74, 6) is 0.146. The molecule has 0 aromatic carbocycles. The SMILES string of the molecule is C=C(C(=O)N(C)OC)[C@H]1CC[C@H](N)CC1. The van der Waals surface area contributed by atoms with Gasteiger partial charge in [0.2, 0.25) is 0 Å². The van der Waals surface area contributed by atoms with Crippen LogP contribution in [0, 0.1) is 5.92 Å². The first-order valence-electron chi connectivity index (χ1n) is 5.32. The van der Waals surface area contributed by atoms with Crippen LogP contribution in [-0.4, -0.2) is 31.2 Å². The third-order valence-corrected chi connectivity index (χ3v) is 3.10. The Morgan fingerprint density at radius 1 is 1.40 bits per heavy atom. The number of nitrogens with zero attached hydrogens (tertiary/aromatic N) is 1. The fourth-order valence-electron chi connectivity index (χ4n) is 1.93. The zero-order valence-corrected chi connectivity index (χ0v) is 9.53. The second-order valence-corrected chi connectivity index (χ2v) is 4.12. The van der Waals surface area contributed by atoms with Crippen LogP contribution >= 0.6 is 0 Å². The highest BCUT2D eigenvalue weighted by molar-refractivity contribution is 5.92.